The first-order valence-electron chi connectivity index (χ1n) is 9.08. The molecule has 1 aromatic heterocycles. The number of nitrogens with one attached hydrogen (secondary N) is 3. The quantitative estimate of drug-likeness (QED) is 0.461. The average Bonchev–Trinajstić information content (AvgIpc) is 3.32. The average molecular weight is 365 g/mol. The van der Waals surface area contributed by atoms with E-state index < -0.39 is 0 Å². The van der Waals surface area contributed by atoms with E-state index >= 15 is 0 Å². The van der Waals surface area contributed by atoms with Crippen molar-refractivity contribution in [1.82, 2.24) is 20.6 Å². The molecule has 0 spiro atoms. The van der Waals surface area contributed by atoms with E-state index in [1.54, 1.807) is 7.05 Å². The number of fused-ring (bicyclic) bond motifs is 2. The number of guanidine groups is 1. The normalized spacial score (nSPS) is 13.1. The summed E-state index contributed by atoms with van der Waals surface area (Å²) in [5, 5.41) is 6.66. The molecule has 1 aliphatic rings. The zero-order valence-corrected chi connectivity index (χ0v) is 15.3. The number of aromatic nitrogens is 2. The number of hydrogen-bond donors (Lipinski definition) is 3. The third kappa shape index (κ3) is 4.13. The Hall–Kier alpha value is -3.22. The molecule has 0 atom stereocenters. The van der Waals surface area contributed by atoms with Crippen molar-refractivity contribution in [3.63, 3.8) is 0 Å². The molecule has 140 valence electrons. The fourth-order valence-corrected chi connectivity index (χ4v) is 3.07. The lowest BCUT2D eigenvalue weighted by Gasteiger charge is -2.11. The van der Waals surface area contributed by atoms with E-state index in [-0.39, 0.29) is 0 Å². The summed E-state index contributed by atoms with van der Waals surface area (Å²) in [6.07, 6.45) is 1.68. The number of benzene rings is 2. The molecule has 7 heteroatoms. The molecular formula is C20H23N5O2. The molecule has 0 saturated heterocycles. The minimum atomic E-state index is 0.304. The molecule has 0 radical (unpaired) electrons. The summed E-state index contributed by atoms with van der Waals surface area (Å²) in [4.78, 5) is 12.2. The lowest BCUT2D eigenvalue weighted by atomic mass is 10.1. The van der Waals surface area contributed by atoms with Gasteiger partial charge in [-0.2, -0.15) is 0 Å². The Morgan fingerprint density at radius 3 is 2.74 bits per heavy atom. The molecule has 27 heavy (non-hydrogen) atoms. The van der Waals surface area contributed by atoms with Gasteiger partial charge < -0.3 is 25.1 Å². The Morgan fingerprint density at radius 2 is 1.89 bits per heavy atom. The van der Waals surface area contributed by atoms with Gasteiger partial charge in [-0.05, 0) is 36.2 Å². The predicted octanol–water partition coefficient (Wildman–Crippen LogP) is 2.24. The number of para-hydroxylation sites is 2. The zero-order valence-electron chi connectivity index (χ0n) is 15.3. The van der Waals surface area contributed by atoms with Crippen molar-refractivity contribution >= 4 is 17.0 Å². The molecule has 3 aromatic rings. The third-order valence-corrected chi connectivity index (χ3v) is 4.46. The molecule has 2 heterocycles. The van der Waals surface area contributed by atoms with E-state index in [1.165, 1.54) is 5.56 Å². The number of imidazole rings is 1. The van der Waals surface area contributed by atoms with Crippen molar-refractivity contribution in [3.8, 4) is 11.5 Å². The van der Waals surface area contributed by atoms with E-state index in [2.05, 4.69) is 31.7 Å². The standard InChI is InChI=1S/C20H23N5O2/c1-21-20(22-10-8-14-6-7-17-18(12-14)27-13-26-17)23-11-9-19-24-15-4-2-3-5-16(15)25-19/h2-7,12H,8-11,13H2,1H3,(H,24,25)(H2,21,22,23). The Bertz CT molecular complexity index is 917. The maximum atomic E-state index is 5.42. The summed E-state index contributed by atoms with van der Waals surface area (Å²) in [7, 11) is 1.77. The summed E-state index contributed by atoms with van der Waals surface area (Å²) < 4.78 is 10.8. The number of H-pyrrole nitrogens is 1. The summed E-state index contributed by atoms with van der Waals surface area (Å²) in [6.45, 7) is 1.84. The molecule has 4 rings (SSSR count). The van der Waals surface area contributed by atoms with Gasteiger partial charge in [-0.15, -0.1) is 0 Å². The summed E-state index contributed by atoms with van der Waals surface area (Å²) in [5.41, 5.74) is 3.27. The van der Waals surface area contributed by atoms with Crippen LogP contribution in [0.15, 0.2) is 47.5 Å². The Balaban J connectivity index is 1.22. The fraction of sp³-hybridized carbons (Fsp3) is 0.300. The van der Waals surface area contributed by atoms with E-state index in [4.69, 9.17) is 9.47 Å². The molecular weight excluding hydrogens is 342 g/mol. The van der Waals surface area contributed by atoms with Crippen LogP contribution >= 0.6 is 0 Å². The van der Waals surface area contributed by atoms with E-state index in [0.29, 0.717) is 6.79 Å². The van der Waals surface area contributed by atoms with Crippen LogP contribution in [0.3, 0.4) is 0 Å². The van der Waals surface area contributed by atoms with Crippen LogP contribution in [0.1, 0.15) is 11.4 Å². The molecule has 0 saturated carbocycles. The molecule has 0 amide bonds. The van der Waals surface area contributed by atoms with Crippen LogP contribution in [-0.2, 0) is 12.8 Å². The molecule has 0 aliphatic carbocycles. The van der Waals surface area contributed by atoms with E-state index in [1.807, 2.05) is 36.4 Å². The van der Waals surface area contributed by atoms with Gasteiger partial charge in [-0.1, -0.05) is 18.2 Å². The van der Waals surface area contributed by atoms with Crippen LogP contribution in [0.25, 0.3) is 11.0 Å². The van der Waals surface area contributed by atoms with Crippen LogP contribution < -0.4 is 20.1 Å². The monoisotopic (exact) mass is 365 g/mol. The molecule has 0 bridgehead atoms. The third-order valence-electron chi connectivity index (χ3n) is 4.46. The highest BCUT2D eigenvalue weighted by atomic mass is 16.7. The van der Waals surface area contributed by atoms with Gasteiger partial charge in [0.15, 0.2) is 17.5 Å². The topological polar surface area (TPSA) is 83.6 Å². The lowest BCUT2D eigenvalue weighted by Crippen LogP contribution is -2.39. The maximum Gasteiger partial charge on any atom is 0.231 e. The molecule has 1 aliphatic heterocycles. The first kappa shape index (κ1) is 17.2. The number of ether oxygens (including phenoxy) is 2. The van der Waals surface area contributed by atoms with Gasteiger partial charge in [-0.25, -0.2) is 4.98 Å². The Kier molecular flexibility index (Phi) is 5.09. The zero-order chi connectivity index (χ0) is 18.5. The van der Waals surface area contributed by atoms with Crippen molar-refractivity contribution in [2.75, 3.05) is 26.9 Å². The van der Waals surface area contributed by atoms with Crippen LogP contribution in [0.5, 0.6) is 11.5 Å². The van der Waals surface area contributed by atoms with Crippen LogP contribution in [0.2, 0.25) is 0 Å². The number of aromatic amines is 1. The molecule has 7 nitrogen and oxygen atoms in total. The van der Waals surface area contributed by atoms with Gasteiger partial charge in [0, 0.05) is 26.6 Å². The van der Waals surface area contributed by atoms with Crippen molar-refractivity contribution in [3.05, 3.63) is 53.9 Å². The van der Waals surface area contributed by atoms with Crippen molar-refractivity contribution < 1.29 is 9.47 Å². The first-order valence-corrected chi connectivity index (χ1v) is 9.08. The van der Waals surface area contributed by atoms with Gasteiger partial charge in [0.2, 0.25) is 6.79 Å². The van der Waals surface area contributed by atoms with E-state index in [0.717, 1.165) is 60.2 Å². The number of aliphatic imine (C=N–C) groups is 1. The minimum Gasteiger partial charge on any atom is -0.454 e. The fourth-order valence-electron chi connectivity index (χ4n) is 3.07. The molecule has 3 N–H and O–H groups in total. The van der Waals surface area contributed by atoms with Crippen molar-refractivity contribution in [2.24, 2.45) is 4.99 Å². The highest BCUT2D eigenvalue weighted by Gasteiger charge is 2.13. The molecule has 0 unspecified atom stereocenters. The van der Waals surface area contributed by atoms with Gasteiger partial charge in [0.05, 0.1) is 11.0 Å². The van der Waals surface area contributed by atoms with E-state index in [9.17, 15) is 0 Å². The summed E-state index contributed by atoms with van der Waals surface area (Å²) in [6, 6.07) is 14.1. The molecule has 0 fully saturated rings. The van der Waals surface area contributed by atoms with Crippen molar-refractivity contribution in [1.29, 1.82) is 0 Å². The second-order valence-corrected chi connectivity index (χ2v) is 6.31. The lowest BCUT2D eigenvalue weighted by molar-refractivity contribution is 0.174. The van der Waals surface area contributed by atoms with Crippen LogP contribution in [-0.4, -0.2) is 42.9 Å². The summed E-state index contributed by atoms with van der Waals surface area (Å²) >= 11 is 0. The first-order chi connectivity index (χ1) is 13.3. The van der Waals surface area contributed by atoms with Gasteiger partial charge in [0.1, 0.15) is 5.82 Å². The predicted molar refractivity (Wildman–Crippen MR) is 105 cm³/mol. The highest BCUT2D eigenvalue weighted by Crippen LogP contribution is 2.32. The van der Waals surface area contributed by atoms with Crippen molar-refractivity contribution in [2.45, 2.75) is 12.8 Å². The Labute approximate surface area is 157 Å². The van der Waals surface area contributed by atoms with Crippen LogP contribution in [0.4, 0.5) is 0 Å². The smallest absolute Gasteiger partial charge is 0.231 e. The van der Waals surface area contributed by atoms with Crippen LogP contribution in [0, 0.1) is 0 Å². The largest absolute Gasteiger partial charge is 0.454 e. The maximum absolute atomic E-state index is 5.42. The molecule has 2 aromatic carbocycles. The van der Waals surface area contributed by atoms with Gasteiger partial charge in [0.25, 0.3) is 0 Å². The number of hydrogen-bond acceptors (Lipinski definition) is 4. The van der Waals surface area contributed by atoms with Gasteiger partial charge >= 0.3 is 0 Å². The summed E-state index contributed by atoms with van der Waals surface area (Å²) in [5.74, 6) is 3.39. The SMILES string of the molecule is CN=C(NCCc1ccc2c(c1)OCO2)NCCc1nc2ccccc2[nH]1. The number of rotatable bonds is 6. The second kappa shape index (κ2) is 7.99. The second-order valence-electron chi connectivity index (χ2n) is 6.31. The number of nitrogens with zero attached hydrogens (tertiary/aromatic N) is 2. The minimum absolute atomic E-state index is 0.304. The van der Waals surface area contributed by atoms with Gasteiger partial charge in [-0.3, -0.25) is 4.99 Å². The Morgan fingerprint density at radius 1 is 1.07 bits per heavy atom. The highest BCUT2D eigenvalue weighted by molar-refractivity contribution is 5.79.